The van der Waals surface area contributed by atoms with Crippen LogP contribution in [0.5, 0.6) is 0 Å². The van der Waals surface area contributed by atoms with E-state index in [2.05, 4.69) is 5.32 Å². The molecule has 0 bridgehead atoms. The van der Waals surface area contributed by atoms with Crippen LogP contribution in [0, 0.1) is 11.8 Å². The molecule has 1 amide bonds. The first-order valence-corrected chi connectivity index (χ1v) is 8.34. The zero-order valence-corrected chi connectivity index (χ0v) is 13.3. The zero-order chi connectivity index (χ0) is 16.1. The molecule has 0 radical (unpaired) electrons. The third kappa shape index (κ3) is 4.20. The maximum absolute atomic E-state index is 12.3. The molecule has 0 aromatic carbocycles. The summed E-state index contributed by atoms with van der Waals surface area (Å²) < 4.78 is 12.5. The molecule has 126 valence electrons. The number of nitrogens with one attached hydrogen (secondary N) is 1. The van der Waals surface area contributed by atoms with E-state index in [-0.39, 0.29) is 24.1 Å². The van der Waals surface area contributed by atoms with E-state index in [1.165, 1.54) is 10.6 Å². The molecule has 0 spiro atoms. The summed E-state index contributed by atoms with van der Waals surface area (Å²) in [6, 6.07) is 5.02. The van der Waals surface area contributed by atoms with Crippen molar-refractivity contribution in [2.75, 3.05) is 26.4 Å². The van der Waals surface area contributed by atoms with E-state index < -0.39 is 0 Å². The molecule has 2 atom stereocenters. The summed E-state index contributed by atoms with van der Waals surface area (Å²) in [4.78, 5) is 24.0. The van der Waals surface area contributed by atoms with Gasteiger partial charge in [0.25, 0.3) is 5.56 Å². The number of carbonyl (C=O) groups is 1. The molecule has 1 N–H and O–H groups in total. The highest BCUT2D eigenvalue weighted by Gasteiger charge is 2.34. The van der Waals surface area contributed by atoms with Crippen LogP contribution in [-0.2, 0) is 20.8 Å². The van der Waals surface area contributed by atoms with Gasteiger partial charge in [-0.15, -0.1) is 0 Å². The van der Waals surface area contributed by atoms with E-state index in [1.807, 2.05) is 0 Å². The van der Waals surface area contributed by atoms with Crippen LogP contribution in [0.25, 0.3) is 0 Å². The van der Waals surface area contributed by atoms with Crippen LogP contribution in [0.3, 0.4) is 0 Å². The highest BCUT2D eigenvalue weighted by atomic mass is 16.5. The van der Waals surface area contributed by atoms with Gasteiger partial charge in [0.1, 0.15) is 6.54 Å². The van der Waals surface area contributed by atoms with Crippen LogP contribution in [-0.4, -0.2) is 42.9 Å². The van der Waals surface area contributed by atoms with E-state index in [0.717, 1.165) is 32.5 Å². The van der Waals surface area contributed by atoms with Crippen molar-refractivity contribution in [1.29, 1.82) is 0 Å². The van der Waals surface area contributed by atoms with Crippen molar-refractivity contribution >= 4 is 5.91 Å². The minimum absolute atomic E-state index is 0.0670. The van der Waals surface area contributed by atoms with Crippen LogP contribution in [0.4, 0.5) is 0 Å². The Morgan fingerprint density at radius 2 is 1.96 bits per heavy atom. The predicted molar refractivity (Wildman–Crippen MR) is 85.1 cm³/mol. The molecule has 6 heteroatoms. The number of ether oxygens (including phenoxy) is 2. The first-order chi connectivity index (χ1) is 11.2. The van der Waals surface area contributed by atoms with Crippen molar-refractivity contribution in [1.82, 2.24) is 9.88 Å². The van der Waals surface area contributed by atoms with Crippen molar-refractivity contribution in [3.05, 3.63) is 34.7 Å². The quantitative estimate of drug-likeness (QED) is 0.891. The van der Waals surface area contributed by atoms with E-state index >= 15 is 0 Å². The second-order valence-corrected chi connectivity index (χ2v) is 6.32. The molecule has 6 nitrogen and oxygen atoms in total. The van der Waals surface area contributed by atoms with Crippen LogP contribution in [0.1, 0.15) is 19.3 Å². The fourth-order valence-corrected chi connectivity index (χ4v) is 3.55. The van der Waals surface area contributed by atoms with Crippen molar-refractivity contribution in [2.24, 2.45) is 11.8 Å². The number of rotatable bonds is 4. The maximum atomic E-state index is 12.3. The van der Waals surface area contributed by atoms with Gasteiger partial charge in [-0.3, -0.25) is 9.59 Å². The standard InChI is InChI=1S/C17H24N2O4/c20-16(11-19-7-2-1-3-17(19)21)18-15-6-10-23-12-14(15)13-4-8-22-9-5-13/h1-3,7,13-15H,4-6,8-12H2,(H,18,20)/t14-,15-/m0/s1. The van der Waals surface area contributed by atoms with Gasteiger partial charge in [-0.05, 0) is 31.2 Å². The second kappa shape index (κ2) is 7.75. The highest BCUT2D eigenvalue weighted by molar-refractivity contribution is 5.76. The molecule has 2 saturated heterocycles. The summed E-state index contributed by atoms with van der Waals surface area (Å²) >= 11 is 0. The average Bonchev–Trinajstić information content (AvgIpc) is 2.58. The Bertz CT molecular complexity index is 580. The Morgan fingerprint density at radius 1 is 1.17 bits per heavy atom. The summed E-state index contributed by atoms with van der Waals surface area (Å²) in [6.45, 7) is 3.02. The molecular weight excluding hydrogens is 296 g/mol. The molecule has 1 aromatic heterocycles. The van der Waals surface area contributed by atoms with E-state index in [9.17, 15) is 9.59 Å². The Balaban J connectivity index is 1.61. The van der Waals surface area contributed by atoms with Crippen molar-refractivity contribution in [3.8, 4) is 0 Å². The van der Waals surface area contributed by atoms with Gasteiger partial charge in [0.05, 0.1) is 6.61 Å². The number of aromatic nitrogens is 1. The minimum atomic E-state index is -0.157. The summed E-state index contributed by atoms with van der Waals surface area (Å²) in [5.74, 6) is 0.764. The smallest absolute Gasteiger partial charge is 0.250 e. The Hall–Kier alpha value is -1.66. The maximum Gasteiger partial charge on any atom is 0.250 e. The summed E-state index contributed by atoms with van der Waals surface area (Å²) in [6.07, 6.45) is 4.52. The highest BCUT2D eigenvalue weighted by Crippen LogP contribution is 2.30. The van der Waals surface area contributed by atoms with Gasteiger partial charge in [0, 0.05) is 44.0 Å². The van der Waals surface area contributed by atoms with Gasteiger partial charge in [0.2, 0.25) is 5.91 Å². The van der Waals surface area contributed by atoms with Gasteiger partial charge < -0.3 is 19.4 Å². The van der Waals surface area contributed by atoms with Gasteiger partial charge in [-0.1, -0.05) is 6.07 Å². The molecule has 1 aromatic rings. The number of pyridine rings is 1. The third-order valence-corrected chi connectivity index (χ3v) is 4.83. The first kappa shape index (κ1) is 16.2. The Labute approximate surface area is 135 Å². The van der Waals surface area contributed by atoms with Crippen LogP contribution in [0.15, 0.2) is 29.2 Å². The number of amides is 1. The number of hydrogen-bond acceptors (Lipinski definition) is 4. The molecule has 2 aliphatic heterocycles. The largest absolute Gasteiger partial charge is 0.381 e. The number of nitrogens with zero attached hydrogens (tertiary/aromatic N) is 1. The molecule has 2 aliphatic rings. The summed E-state index contributed by atoms with van der Waals surface area (Å²) in [5.41, 5.74) is -0.157. The van der Waals surface area contributed by atoms with E-state index in [0.29, 0.717) is 25.0 Å². The lowest BCUT2D eigenvalue weighted by atomic mass is 9.79. The summed E-state index contributed by atoms with van der Waals surface area (Å²) in [7, 11) is 0. The molecule has 0 unspecified atom stereocenters. The molecule has 0 saturated carbocycles. The number of hydrogen-bond donors (Lipinski definition) is 1. The molecule has 0 aliphatic carbocycles. The zero-order valence-electron chi connectivity index (χ0n) is 13.3. The lowest BCUT2D eigenvalue weighted by Gasteiger charge is -2.39. The Morgan fingerprint density at radius 3 is 2.74 bits per heavy atom. The average molecular weight is 320 g/mol. The molecule has 2 fully saturated rings. The minimum Gasteiger partial charge on any atom is -0.381 e. The Kier molecular flexibility index (Phi) is 5.46. The van der Waals surface area contributed by atoms with Crippen LogP contribution < -0.4 is 10.9 Å². The second-order valence-electron chi connectivity index (χ2n) is 6.32. The third-order valence-electron chi connectivity index (χ3n) is 4.83. The van der Waals surface area contributed by atoms with Gasteiger partial charge in [-0.25, -0.2) is 0 Å². The predicted octanol–water partition coefficient (Wildman–Crippen LogP) is 0.796. The lowest BCUT2D eigenvalue weighted by Crippen LogP contribution is -2.50. The topological polar surface area (TPSA) is 69.6 Å². The monoisotopic (exact) mass is 320 g/mol. The fourth-order valence-electron chi connectivity index (χ4n) is 3.55. The molecular formula is C17H24N2O4. The van der Waals surface area contributed by atoms with Gasteiger partial charge >= 0.3 is 0 Å². The van der Waals surface area contributed by atoms with E-state index in [4.69, 9.17) is 9.47 Å². The summed E-state index contributed by atoms with van der Waals surface area (Å²) in [5, 5.41) is 3.12. The van der Waals surface area contributed by atoms with E-state index in [1.54, 1.807) is 18.3 Å². The molecule has 3 heterocycles. The van der Waals surface area contributed by atoms with Crippen LogP contribution >= 0.6 is 0 Å². The molecule has 3 rings (SSSR count). The lowest BCUT2D eigenvalue weighted by molar-refractivity contribution is -0.124. The SMILES string of the molecule is O=C(Cn1ccccc1=O)N[C@H]1CCOC[C@H]1C1CCOCC1. The first-order valence-electron chi connectivity index (χ1n) is 8.34. The van der Waals surface area contributed by atoms with Gasteiger partial charge in [0.15, 0.2) is 0 Å². The number of carbonyl (C=O) groups excluding carboxylic acids is 1. The fraction of sp³-hybridized carbons (Fsp3) is 0.647. The normalized spacial score (nSPS) is 25.9. The van der Waals surface area contributed by atoms with Crippen LogP contribution in [0.2, 0.25) is 0 Å². The van der Waals surface area contributed by atoms with Crippen molar-refractivity contribution in [3.63, 3.8) is 0 Å². The van der Waals surface area contributed by atoms with Crippen molar-refractivity contribution < 1.29 is 14.3 Å². The van der Waals surface area contributed by atoms with Crippen molar-refractivity contribution in [2.45, 2.75) is 31.8 Å². The molecule has 23 heavy (non-hydrogen) atoms. The van der Waals surface area contributed by atoms with Gasteiger partial charge in [-0.2, -0.15) is 0 Å².